The van der Waals surface area contributed by atoms with Crippen LogP contribution >= 0.6 is 0 Å². The molecule has 0 aliphatic heterocycles. The molecule has 1 rings (SSSR count). The van der Waals surface area contributed by atoms with Crippen molar-refractivity contribution in [2.75, 3.05) is 0 Å². The highest BCUT2D eigenvalue weighted by molar-refractivity contribution is 4.79. The zero-order valence-electron chi connectivity index (χ0n) is 26.8. The Morgan fingerprint density at radius 1 is 0.447 bits per heavy atom. The average Bonchev–Trinajstić information content (AvgIpc) is 3.27. The van der Waals surface area contributed by atoms with Crippen LogP contribution in [0.2, 0.25) is 0 Å². The fourth-order valence-corrected chi connectivity index (χ4v) is 5.97. The van der Waals surface area contributed by atoms with E-state index in [1.807, 2.05) is 0 Å². The summed E-state index contributed by atoms with van der Waals surface area (Å²) in [6.07, 6.45) is 44.9. The molecule has 38 heavy (non-hydrogen) atoms. The SMILES string of the molecule is CCCCCCCCCCCCCCCCn1cc[n+](CCCCCCCCCCCCCCCC)c1C. The molecule has 1 aromatic rings. The largest absolute Gasteiger partial charge is 0.253 e. The van der Waals surface area contributed by atoms with Crippen molar-refractivity contribution in [2.45, 2.75) is 214 Å². The van der Waals surface area contributed by atoms with Gasteiger partial charge < -0.3 is 0 Å². The summed E-state index contributed by atoms with van der Waals surface area (Å²) < 4.78 is 4.98. The number of rotatable bonds is 30. The number of unbranched alkanes of at least 4 members (excludes halogenated alkanes) is 26. The van der Waals surface area contributed by atoms with Crippen LogP contribution in [0.5, 0.6) is 0 Å². The minimum Gasteiger partial charge on any atom is -0.234 e. The van der Waals surface area contributed by atoms with Gasteiger partial charge in [-0.3, -0.25) is 0 Å². The van der Waals surface area contributed by atoms with Crippen LogP contribution in [0.4, 0.5) is 0 Å². The fourth-order valence-electron chi connectivity index (χ4n) is 5.97. The Balaban J connectivity index is 1.88. The van der Waals surface area contributed by atoms with Crippen LogP contribution in [0.15, 0.2) is 12.4 Å². The third kappa shape index (κ3) is 21.1. The van der Waals surface area contributed by atoms with E-state index in [1.165, 1.54) is 199 Å². The summed E-state index contributed by atoms with van der Waals surface area (Å²) in [5, 5.41) is 0. The van der Waals surface area contributed by atoms with Crippen molar-refractivity contribution in [3.05, 3.63) is 18.2 Å². The molecule has 0 aliphatic carbocycles. The monoisotopic (exact) mass is 532 g/mol. The number of hydrogen-bond acceptors (Lipinski definition) is 0. The lowest BCUT2D eigenvalue weighted by atomic mass is 10.0. The highest BCUT2D eigenvalue weighted by Crippen LogP contribution is 2.14. The summed E-state index contributed by atoms with van der Waals surface area (Å²) in [6.45, 7) is 9.33. The summed E-state index contributed by atoms with van der Waals surface area (Å²) in [7, 11) is 0. The zero-order valence-corrected chi connectivity index (χ0v) is 26.8. The Kier molecular flexibility index (Phi) is 25.7. The first-order valence-electron chi connectivity index (χ1n) is 17.8. The lowest BCUT2D eigenvalue weighted by Gasteiger charge is -2.04. The molecule has 0 N–H and O–H groups in total. The van der Waals surface area contributed by atoms with Gasteiger partial charge in [0.05, 0.1) is 13.1 Å². The van der Waals surface area contributed by atoms with Gasteiger partial charge in [-0.2, -0.15) is 0 Å². The van der Waals surface area contributed by atoms with Crippen molar-refractivity contribution >= 4 is 0 Å². The summed E-state index contributed by atoms with van der Waals surface area (Å²) in [4.78, 5) is 0. The van der Waals surface area contributed by atoms with Crippen molar-refractivity contribution in [3.63, 3.8) is 0 Å². The van der Waals surface area contributed by atoms with Gasteiger partial charge in [0.15, 0.2) is 0 Å². The maximum absolute atomic E-state index is 2.49. The van der Waals surface area contributed by atoms with Crippen molar-refractivity contribution in [2.24, 2.45) is 0 Å². The molecule has 0 atom stereocenters. The number of imidazole rings is 1. The summed E-state index contributed by atoms with van der Waals surface area (Å²) in [5.41, 5.74) is 0. The smallest absolute Gasteiger partial charge is 0.234 e. The van der Waals surface area contributed by atoms with Gasteiger partial charge in [-0.25, -0.2) is 9.13 Å². The van der Waals surface area contributed by atoms with E-state index in [0.717, 1.165) is 0 Å². The molecule has 0 aliphatic rings. The molecule has 1 aromatic heterocycles. The van der Waals surface area contributed by atoms with Crippen LogP contribution in [0.25, 0.3) is 0 Å². The van der Waals surface area contributed by atoms with E-state index in [0.29, 0.717) is 0 Å². The quantitative estimate of drug-likeness (QED) is 0.0689. The molecular weight excluding hydrogens is 460 g/mol. The van der Waals surface area contributed by atoms with Gasteiger partial charge in [0, 0.05) is 6.92 Å². The molecular formula is C36H71N2+. The van der Waals surface area contributed by atoms with E-state index in [4.69, 9.17) is 0 Å². The molecule has 0 aromatic carbocycles. The fraction of sp³-hybridized carbons (Fsp3) is 0.917. The van der Waals surface area contributed by atoms with Crippen LogP contribution in [0.1, 0.15) is 199 Å². The zero-order chi connectivity index (χ0) is 27.4. The van der Waals surface area contributed by atoms with E-state index >= 15 is 0 Å². The van der Waals surface area contributed by atoms with E-state index < -0.39 is 0 Å². The average molecular weight is 532 g/mol. The molecule has 0 amide bonds. The summed E-state index contributed by atoms with van der Waals surface area (Å²) >= 11 is 0. The van der Waals surface area contributed by atoms with E-state index in [-0.39, 0.29) is 0 Å². The number of aromatic nitrogens is 2. The molecule has 0 unspecified atom stereocenters. The molecule has 0 fully saturated rings. The highest BCUT2D eigenvalue weighted by atomic mass is 15.1. The van der Waals surface area contributed by atoms with Gasteiger partial charge in [-0.05, 0) is 25.7 Å². The lowest BCUT2D eigenvalue weighted by Crippen LogP contribution is -2.35. The van der Waals surface area contributed by atoms with E-state index in [1.54, 1.807) is 0 Å². The Morgan fingerprint density at radius 3 is 1.13 bits per heavy atom. The van der Waals surface area contributed by atoms with Gasteiger partial charge in [-0.1, -0.05) is 168 Å². The Labute approximate surface area is 240 Å². The molecule has 0 spiro atoms. The first-order valence-corrected chi connectivity index (χ1v) is 17.8. The Hall–Kier alpha value is -0.790. The molecule has 1 heterocycles. The van der Waals surface area contributed by atoms with Gasteiger partial charge in [0.2, 0.25) is 0 Å². The van der Waals surface area contributed by atoms with Crippen molar-refractivity contribution < 1.29 is 4.57 Å². The maximum atomic E-state index is 2.49. The third-order valence-corrected chi connectivity index (χ3v) is 8.76. The second kappa shape index (κ2) is 27.8. The first kappa shape index (κ1) is 35.2. The number of hydrogen-bond donors (Lipinski definition) is 0. The second-order valence-electron chi connectivity index (χ2n) is 12.4. The van der Waals surface area contributed by atoms with Crippen LogP contribution in [0, 0.1) is 6.92 Å². The summed E-state index contributed by atoms with van der Waals surface area (Å²) in [5.74, 6) is 1.45. The normalized spacial score (nSPS) is 11.6. The van der Waals surface area contributed by atoms with Gasteiger partial charge in [0.25, 0.3) is 5.82 Å². The van der Waals surface area contributed by atoms with Crippen LogP contribution in [0.3, 0.4) is 0 Å². The van der Waals surface area contributed by atoms with Crippen molar-refractivity contribution in [1.29, 1.82) is 0 Å². The summed E-state index contributed by atoms with van der Waals surface area (Å²) in [6, 6.07) is 0. The standard InChI is InChI=1S/C36H71N2/c1-4-6-8-10-12-14-16-18-20-22-24-26-28-30-32-37-34-35-38(36(37)3)33-31-29-27-25-23-21-19-17-15-13-11-9-7-5-2/h34-35H,4-33H2,1-3H3/q+1. The number of aryl methyl sites for hydroxylation is 2. The van der Waals surface area contributed by atoms with Crippen LogP contribution < -0.4 is 4.57 Å². The van der Waals surface area contributed by atoms with E-state index in [9.17, 15) is 0 Å². The predicted octanol–water partition coefficient (Wildman–Crippen LogP) is 12.0. The number of nitrogens with zero attached hydrogens (tertiary/aromatic N) is 2. The first-order chi connectivity index (χ1) is 18.8. The molecule has 0 saturated heterocycles. The maximum Gasteiger partial charge on any atom is 0.253 e. The van der Waals surface area contributed by atoms with Gasteiger partial charge >= 0.3 is 0 Å². The van der Waals surface area contributed by atoms with Crippen LogP contribution in [-0.4, -0.2) is 4.57 Å². The van der Waals surface area contributed by atoms with Gasteiger partial charge in [0.1, 0.15) is 12.4 Å². The van der Waals surface area contributed by atoms with Crippen molar-refractivity contribution in [3.8, 4) is 0 Å². The lowest BCUT2D eigenvalue weighted by molar-refractivity contribution is -0.702. The molecule has 2 heteroatoms. The minimum absolute atomic E-state index is 1.20. The highest BCUT2D eigenvalue weighted by Gasteiger charge is 2.11. The molecule has 0 radical (unpaired) electrons. The molecule has 224 valence electrons. The van der Waals surface area contributed by atoms with Crippen molar-refractivity contribution in [1.82, 2.24) is 4.57 Å². The topological polar surface area (TPSA) is 8.81 Å². The second-order valence-corrected chi connectivity index (χ2v) is 12.4. The van der Waals surface area contributed by atoms with E-state index in [2.05, 4.69) is 42.3 Å². The Bertz CT molecular complexity index is 541. The molecule has 0 bridgehead atoms. The third-order valence-electron chi connectivity index (χ3n) is 8.76. The van der Waals surface area contributed by atoms with Crippen LogP contribution in [-0.2, 0) is 13.1 Å². The molecule has 0 saturated carbocycles. The Morgan fingerprint density at radius 2 is 0.763 bits per heavy atom. The van der Waals surface area contributed by atoms with Gasteiger partial charge in [-0.15, -0.1) is 0 Å². The predicted molar refractivity (Wildman–Crippen MR) is 170 cm³/mol. The molecule has 2 nitrogen and oxygen atoms in total. The minimum atomic E-state index is 1.20.